The van der Waals surface area contributed by atoms with Gasteiger partial charge in [-0.05, 0) is 31.2 Å². The SMILES string of the molecule is CCOC(=O)N1CC[NH+]([C@@H]2CC(=O)N(c3ccc(O)cc3)C2=O)CC1. The number of phenols is 1. The van der Waals surface area contributed by atoms with Gasteiger partial charge in [0.25, 0.3) is 5.91 Å². The fourth-order valence-electron chi connectivity index (χ4n) is 3.36. The molecule has 2 N–H and O–H groups in total. The zero-order valence-electron chi connectivity index (χ0n) is 14.1. The fourth-order valence-corrected chi connectivity index (χ4v) is 3.36. The average Bonchev–Trinajstić information content (AvgIpc) is 2.91. The number of phenolic OH excluding ortho intramolecular Hbond substituents is 1. The normalized spacial score (nSPS) is 21.7. The molecule has 1 atom stereocenters. The Labute approximate surface area is 145 Å². The van der Waals surface area contributed by atoms with Crippen LogP contribution in [0.1, 0.15) is 13.3 Å². The van der Waals surface area contributed by atoms with Gasteiger partial charge in [-0.25, -0.2) is 9.69 Å². The summed E-state index contributed by atoms with van der Waals surface area (Å²) in [7, 11) is 0. The van der Waals surface area contributed by atoms with E-state index < -0.39 is 6.04 Å². The number of quaternary nitrogens is 1. The standard InChI is InChI=1S/C17H21N3O5/c1-2-25-17(24)19-9-7-18(8-10-19)14-11-15(22)20(16(14)23)12-3-5-13(21)6-4-12/h3-6,14,21H,2,7-11H2,1H3/p+1/t14-/m1/s1. The third kappa shape index (κ3) is 3.43. The van der Waals surface area contributed by atoms with Crippen molar-refractivity contribution in [2.75, 3.05) is 37.7 Å². The van der Waals surface area contributed by atoms with Crippen LogP contribution in [-0.4, -0.2) is 66.7 Å². The Morgan fingerprint density at radius 1 is 1.24 bits per heavy atom. The topological polar surface area (TPSA) is 91.6 Å². The number of aromatic hydroxyl groups is 1. The van der Waals surface area contributed by atoms with Gasteiger partial charge in [0.1, 0.15) is 5.75 Å². The molecule has 2 aliphatic heterocycles. The number of ether oxygens (including phenoxy) is 1. The van der Waals surface area contributed by atoms with Gasteiger partial charge in [0.2, 0.25) is 5.91 Å². The van der Waals surface area contributed by atoms with Crippen LogP contribution in [0.2, 0.25) is 0 Å². The van der Waals surface area contributed by atoms with E-state index in [0.29, 0.717) is 38.5 Å². The Morgan fingerprint density at radius 2 is 1.88 bits per heavy atom. The van der Waals surface area contributed by atoms with Crippen molar-refractivity contribution < 1.29 is 29.1 Å². The van der Waals surface area contributed by atoms with Crippen LogP contribution < -0.4 is 9.80 Å². The molecule has 0 saturated carbocycles. The predicted molar refractivity (Wildman–Crippen MR) is 88.3 cm³/mol. The molecule has 3 rings (SSSR count). The molecule has 25 heavy (non-hydrogen) atoms. The van der Waals surface area contributed by atoms with Gasteiger partial charge in [-0.1, -0.05) is 0 Å². The summed E-state index contributed by atoms with van der Waals surface area (Å²) in [5.41, 5.74) is 0.472. The Morgan fingerprint density at radius 3 is 2.48 bits per heavy atom. The molecule has 134 valence electrons. The number of amides is 3. The number of benzene rings is 1. The van der Waals surface area contributed by atoms with Crippen LogP contribution >= 0.6 is 0 Å². The van der Waals surface area contributed by atoms with Crippen LogP contribution in [0.5, 0.6) is 5.75 Å². The highest BCUT2D eigenvalue weighted by atomic mass is 16.6. The molecule has 8 nitrogen and oxygen atoms in total. The summed E-state index contributed by atoms with van der Waals surface area (Å²) in [5.74, 6) is -0.378. The van der Waals surface area contributed by atoms with Crippen LogP contribution in [0.25, 0.3) is 0 Å². The lowest BCUT2D eigenvalue weighted by atomic mass is 10.2. The predicted octanol–water partition coefficient (Wildman–Crippen LogP) is -0.619. The Balaban J connectivity index is 1.65. The van der Waals surface area contributed by atoms with E-state index in [1.165, 1.54) is 17.0 Å². The summed E-state index contributed by atoms with van der Waals surface area (Å²) in [4.78, 5) is 40.6. The monoisotopic (exact) mass is 348 g/mol. The van der Waals surface area contributed by atoms with E-state index in [1.54, 1.807) is 24.0 Å². The molecule has 2 aliphatic rings. The second-order valence-electron chi connectivity index (χ2n) is 6.18. The van der Waals surface area contributed by atoms with E-state index in [2.05, 4.69) is 0 Å². The Kier molecular flexibility index (Phi) is 4.89. The number of hydrogen-bond donors (Lipinski definition) is 2. The van der Waals surface area contributed by atoms with E-state index in [4.69, 9.17) is 4.74 Å². The second-order valence-corrected chi connectivity index (χ2v) is 6.18. The molecule has 0 bridgehead atoms. The largest absolute Gasteiger partial charge is 0.508 e. The molecule has 0 unspecified atom stereocenters. The van der Waals surface area contributed by atoms with Gasteiger partial charge >= 0.3 is 6.09 Å². The minimum absolute atomic E-state index is 0.0834. The van der Waals surface area contributed by atoms with Gasteiger partial charge in [-0.3, -0.25) is 14.5 Å². The molecule has 2 heterocycles. The van der Waals surface area contributed by atoms with Gasteiger partial charge in [-0.2, -0.15) is 0 Å². The third-order valence-electron chi connectivity index (χ3n) is 4.68. The van der Waals surface area contributed by atoms with Gasteiger partial charge < -0.3 is 14.7 Å². The van der Waals surface area contributed by atoms with Crippen molar-refractivity contribution in [3.05, 3.63) is 24.3 Å². The van der Waals surface area contributed by atoms with E-state index in [1.807, 2.05) is 0 Å². The first-order valence-electron chi connectivity index (χ1n) is 8.43. The van der Waals surface area contributed by atoms with Crippen LogP contribution in [0.15, 0.2) is 24.3 Å². The molecule has 1 aromatic rings. The first kappa shape index (κ1) is 17.2. The highest BCUT2D eigenvalue weighted by Gasteiger charge is 2.46. The maximum atomic E-state index is 12.7. The van der Waals surface area contributed by atoms with Crippen molar-refractivity contribution in [1.82, 2.24) is 4.90 Å². The number of imide groups is 1. The van der Waals surface area contributed by atoms with Crippen molar-refractivity contribution in [2.24, 2.45) is 0 Å². The molecule has 3 amide bonds. The smallest absolute Gasteiger partial charge is 0.410 e. The number of piperazine rings is 1. The van der Waals surface area contributed by atoms with E-state index in [0.717, 1.165) is 4.90 Å². The zero-order chi connectivity index (χ0) is 18.0. The van der Waals surface area contributed by atoms with Crippen molar-refractivity contribution in [2.45, 2.75) is 19.4 Å². The van der Waals surface area contributed by atoms with Crippen molar-refractivity contribution in [3.63, 3.8) is 0 Å². The van der Waals surface area contributed by atoms with E-state index in [-0.39, 0.29) is 30.1 Å². The fraction of sp³-hybridized carbons (Fsp3) is 0.471. The Bertz CT molecular complexity index is 667. The maximum Gasteiger partial charge on any atom is 0.410 e. The van der Waals surface area contributed by atoms with Crippen molar-refractivity contribution in [1.29, 1.82) is 0 Å². The number of carbonyl (C=O) groups is 3. The average molecular weight is 348 g/mol. The van der Waals surface area contributed by atoms with E-state index >= 15 is 0 Å². The number of hydrogen-bond acceptors (Lipinski definition) is 5. The second kappa shape index (κ2) is 7.10. The van der Waals surface area contributed by atoms with Gasteiger partial charge in [-0.15, -0.1) is 0 Å². The quantitative estimate of drug-likeness (QED) is 0.711. The lowest BCUT2D eigenvalue weighted by molar-refractivity contribution is -0.918. The number of rotatable bonds is 3. The molecule has 0 aromatic heterocycles. The van der Waals surface area contributed by atoms with Crippen molar-refractivity contribution >= 4 is 23.6 Å². The summed E-state index contributed by atoms with van der Waals surface area (Å²) < 4.78 is 4.99. The molecular formula is C17H22N3O5+. The molecule has 0 aliphatic carbocycles. The Hall–Kier alpha value is -2.61. The molecular weight excluding hydrogens is 326 g/mol. The van der Waals surface area contributed by atoms with Gasteiger partial charge in [0.15, 0.2) is 6.04 Å². The van der Waals surface area contributed by atoms with Crippen LogP contribution in [0.4, 0.5) is 10.5 Å². The molecule has 2 saturated heterocycles. The summed E-state index contributed by atoms with van der Waals surface area (Å²) in [5, 5.41) is 9.36. The zero-order valence-corrected chi connectivity index (χ0v) is 14.1. The summed E-state index contributed by atoms with van der Waals surface area (Å²) in [6.07, 6.45) is -0.171. The van der Waals surface area contributed by atoms with Crippen LogP contribution in [-0.2, 0) is 14.3 Å². The molecule has 8 heteroatoms. The highest BCUT2D eigenvalue weighted by Crippen LogP contribution is 2.24. The minimum atomic E-state index is -0.425. The van der Waals surface area contributed by atoms with Crippen molar-refractivity contribution in [3.8, 4) is 5.75 Å². The summed E-state index contributed by atoms with van der Waals surface area (Å²) in [6, 6.07) is 5.59. The maximum absolute atomic E-state index is 12.7. The first-order chi connectivity index (χ1) is 12.0. The summed E-state index contributed by atoms with van der Waals surface area (Å²) in [6.45, 7) is 4.32. The first-order valence-corrected chi connectivity index (χ1v) is 8.43. The molecule has 1 aromatic carbocycles. The van der Waals surface area contributed by atoms with Crippen LogP contribution in [0, 0.1) is 0 Å². The molecule has 2 fully saturated rings. The number of anilines is 1. The lowest BCUT2D eigenvalue weighted by Gasteiger charge is -2.33. The number of nitrogens with zero attached hydrogens (tertiary/aromatic N) is 2. The highest BCUT2D eigenvalue weighted by molar-refractivity contribution is 6.21. The van der Waals surface area contributed by atoms with Gasteiger partial charge in [0.05, 0.1) is 44.9 Å². The number of carbonyl (C=O) groups excluding carboxylic acids is 3. The molecule has 0 radical (unpaired) electrons. The van der Waals surface area contributed by atoms with Gasteiger partial charge in [0, 0.05) is 0 Å². The third-order valence-corrected chi connectivity index (χ3v) is 4.68. The number of nitrogens with one attached hydrogen (secondary N) is 1. The van der Waals surface area contributed by atoms with E-state index in [9.17, 15) is 19.5 Å². The van der Waals surface area contributed by atoms with Crippen LogP contribution in [0.3, 0.4) is 0 Å². The lowest BCUT2D eigenvalue weighted by Crippen LogP contribution is -3.19. The summed E-state index contributed by atoms with van der Waals surface area (Å²) >= 11 is 0. The minimum Gasteiger partial charge on any atom is -0.508 e. The molecule has 0 spiro atoms.